The van der Waals surface area contributed by atoms with Gasteiger partial charge in [-0.3, -0.25) is 18.8 Å². The van der Waals surface area contributed by atoms with Gasteiger partial charge in [-0.25, -0.2) is 9.50 Å². The molecule has 0 saturated carbocycles. The number of likely N-dealkylation sites (tertiary alicyclic amines) is 1. The van der Waals surface area contributed by atoms with Gasteiger partial charge in [0, 0.05) is 55.4 Å². The Labute approximate surface area is 290 Å². The number of nitrogens with one attached hydrogen (secondary N) is 2. The first-order valence-corrected chi connectivity index (χ1v) is 17.1. The minimum atomic E-state index is -0.533. The maximum absolute atomic E-state index is 14.6. The van der Waals surface area contributed by atoms with E-state index in [0.717, 1.165) is 55.5 Å². The Morgan fingerprint density at radius 2 is 1.82 bits per heavy atom. The number of aryl methyl sites for hydroxylation is 2. The van der Waals surface area contributed by atoms with Gasteiger partial charge >= 0.3 is 0 Å². The predicted octanol–water partition coefficient (Wildman–Crippen LogP) is 4.19. The molecule has 5 heterocycles. The van der Waals surface area contributed by atoms with E-state index in [-0.39, 0.29) is 11.5 Å². The van der Waals surface area contributed by atoms with Crippen LogP contribution in [-0.4, -0.2) is 72.5 Å². The summed E-state index contributed by atoms with van der Waals surface area (Å²) in [6, 6.07) is 19.0. The van der Waals surface area contributed by atoms with Crippen molar-refractivity contribution in [3.8, 4) is 17.5 Å². The zero-order valence-corrected chi connectivity index (χ0v) is 28.8. The van der Waals surface area contributed by atoms with Crippen LogP contribution in [0.3, 0.4) is 0 Å². The summed E-state index contributed by atoms with van der Waals surface area (Å²) in [6.07, 6.45) is 8.37. The van der Waals surface area contributed by atoms with E-state index in [1.807, 2.05) is 86.5 Å². The van der Waals surface area contributed by atoms with Crippen LogP contribution in [0.2, 0.25) is 0 Å². The lowest BCUT2D eigenvalue weighted by Crippen LogP contribution is -2.42. The average molecular weight is 668 g/mol. The van der Waals surface area contributed by atoms with E-state index >= 15 is 0 Å². The lowest BCUT2D eigenvalue weighted by molar-refractivity contribution is 0.0939. The molecule has 50 heavy (non-hydrogen) atoms. The van der Waals surface area contributed by atoms with Crippen LogP contribution in [0.25, 0.3) is 22.1 Å². The first-order chi connectivity index (χ1) is 24.3. The number of piperidine rings is 1. The molecule has 11 heteroatoms. The molecule has 2 aromatic carbocycles. The van der Waals surface area contributed by atoms with Crippen molar-refractivity contribution in [1.82, 2.24) is 44.5 Å². The smallest absolute Gasteiger partial charge is 0.264 e. The molecule has 0 spiro atoms. The van der Waals surface area contributed by atoms with Crippen LogP contribution in [0, 0.1) is 18.8 Å². The van der Waals surface area contributed by atoms with E-state index in [1.165, 1.54) is 0 Å². The second-order valence-electron chi connectivity index (χ2n) is 12.9. The zero-order chi connectivity index (χ0) is 34.8. The third kappa shape index (κ3) is 6.43. The van der Waals surface area contributed by atoms with E-state index < -0.39 is 6.04 Å². The van der Waals surface area contributed by atoms with Crippen LogP contribution in [0.1, 0.15) is 64.4 Å². The summed E-state index contributed by atoms with van der Waals surface area (Å²) in [5.41, 5.74) is 5.16. The van der Waals surface area contributed by atoms with Gasteiger partial charge in [-0.1, -0.05) is 42.2 Å². The van der Waals surface area contributed by atoms with Crippen molar-refractivity contribution in [2.45, 2.75) is 45.2 Å². The molecule has 0 aliphatic carbocycles. The molecule has 7 rings (SSSR count). The first kappa shape index (κ1) is 33.0. The highest BCUT2D eigenvalue weighted by Gasteiger charge is 2.24. The molecule has 0 radical (unpaired) electrons. The number of amides is 1. The third-order valence-corrected chi connectivity index (χ3v) is 9.73. The first-order valence-electron chi connectivity index (χ1n) is 17.1. The fourth-order valence-corrected chi connectivity index (χ4v) is 6.96. The molecular weight excluding hydrogens is 626 g/mol. The van der Waals surface area contributed by atoms with Crippen molar-refractivity contribution in [3.63, 3.8) is 0 Å². The highest BCUT2D eigenvalue weighted by Crippen LogP contribution is 2.24. The van der Waals surface area contributed by atoms with E-state index in [4.69, 9.17) is 0 Å². The Morgan fingerprint density at radius 3 is 2.60 bits per heavy atom. The highest BCUT2D eigenvalue weighted by atomic mass is 16.2. The van der Waals surface area contributed by atoms with Gasteiger partial charge in [-0.15, -0.1) is 0 Å². The predicted molar refractivity (Wildman–Crippen MR) is 195 cm³/mol. The SMILES string of the molecule is CNC1CCN(CCc2c(C#Cc3cccc4cc([C@H](C)NC(=O)c5c(C)nn6cccnc56)n(-c5ccccc5)c(=O)c34)cnn2C)CC1. The van der Waals surface area contributed by atoms with Crippen LogP contribution < -0.4 is 16.2 Å². The van der Waals surface area contributed by atoms with Crippen LogP contribution in [0.15, 0.2) is 84.0 Å². The number of carbonyl (C=O) groups is 1. The fraction of sp³-hybridized carbons (Fsp3) is 0.308. The summed E-state index contributed by atoms with van der Waals surface area (Å²) in [4.78, 5) is 35.1. The van der Waals surface area contributed by atoms with Gasteiger partial charge < -0.3 is 15.5 Å². The molecule has 2 N–H and O–H groups in total. The standard InChI is InChI=1S/C39H41N9O2/c1-26(43-38(49)35-27(2)44-47-20-9-19-41-37(35)47)34-24-29-11-8-10-28(36(29)39(50)48(34)32-12-6-5-7-13-32)14-15-30-25-42-45(4)33(30)18-23-46-21-16-31(40-3)17-22-46/h5-13,19-20,24-26,31,40H,16-18,21-23H2,1-4H3,(H,43,49)/t26-/m0/s1. The van der Waals surface area contributed by atoms with Crippen LogP contribution >= 0.6 is 0 Å². The van der Waals surface area contributed by atoms with Gasteiger partial charge in [0.1, 0.15) is 5.56 Å². The fourth-order valence-electron chi connectivity index (χ4n) is 6.96. The molecular formula is C39H41N9O2. The van der Waals surface area contributed by atoms with Crippen LogP contribution in [-0.2, 0) is 13.5 Å². The minimum Gasteiger partial charge on any atom is -0.344 e. The molecule has 1 amide bonds. The van der Waals surface area contributed by atoms with Crippen LogP contribution in [0.5, 0.6) is 0 Å². The van der Waals surface area contributed by atoms with Gasteiger partial charge in [0.25, 0.3) is 11.5 Å². The molecule has 1 saturated heterocycles. The van der Waals surface area contributed by atoms with Crippen molar-refractivity contribution in [2.24, 2.45) is 7.05 Å². The molecule has 1 aliphatic rings. The van der Waals surface area contributed by atoms with E-state index in [1.54, 1.807) is 34.5 Å². The number of rotatable bonds is 8. The van der Waals surface area contributed by atoms with Crippen molar-refractivity contribution in [3.05, 3.63) is 123 Å². The van der Waals surface area contributed by atoms with Crippen molar-refractivity contribution >= 4 is 22.3 Å². The Balaban J connectivity index is 1.23. The molecule has 4 aromatic heterocycles. The van der Waals surface area contributed by atoms with E-state index in [9.17, 15) is 9.59 Å². The number of hydrogen-bond donors (Lipinski definition) is 2. The molecule has 6 aromatic rings. The summed E-state index contributed by atoms with van der Waals surface area (Å²) in [6.45, 7) is 6.77. The summed E-state index contributed by atoms with van der Waals surface area (Å²) in [7, 11) is 4.00. The van der Waals surface area contributed by atoms with Crippen molar-refractivity contribution in [2.75, 3.05) is 26.7 Å². The van der Waals surface area contributed by atoms with Gasteiger partial charge in [0.05, 0.1) is 34.6 Å². The minimum absolute atomic E-state index is 0.208. The number of pyridine rings is 1. The molecule has 0 unspecified atom stereocenters. The van der Waals surface area contributed by atoms with Gasteiger partial charge in [-0.2, -0.15) is 10.2 Å². The van der Waals surface area contributed by atoms with Gasteiger partial charge in [0.2, 0.25) is 0 Å². The third-order valence-electron chi connectivity index (χ3n) is 9.73. The number of carbonyl (C=O) groups excluding carboxylic acids is 1. The Kier molecular flexibility index (Phi) is 9.30. The summed E-state index contributed by atoms with van der Waals surface area (Å²) in [5, 5.41) is 16.7. The lowest BCUT2D eigenvalue weighted by atomic mass is 10.0. The molecule has 0 bridgehead atoms. The van der Waals surface area contributed by atoms with E-state index in [0.29, 0.717) is 45.3 Å². The van der Waals surface area contributed by atoms with Gasteiger partial charge in [-0.05, 0) is 82.5 Å². The second-order valence-corrected chi connectivity index (χ2v) is 12.9. The number of aromatic nitrogens is 6. The number of hydrogen-bond acceptors (Lipinski definition) is 7. The van der Waals surface area contributed by atoms with Crippen molar-refractivity contribution < 1.29 is 4.79 Å². The number of nitrogens with zero attached hydrogens (tertiary/aromatic N) is 7. The molecule has 1 aliphatic heterocycles. The van der Waals surface area contributed by atoms with Crippen molar-refractivity contribution in [1.29, 1.82) is 0 Å². The quantitative estimate of drug-likeness (QED) is 0.234. The molecule has 1 fully saturated rings. The lowest BCUT2D eigenvalue weighted by Gasteiger charge is -2.31. The largest absolute Gasteiger partial charge is 0.344 e. The summed E-state index contributed by atoms with van der Waals surface area (Å²) in [5.74, 6) is 6.36. The molecule has 254 valence electrons. The Bertz CT molecular complexity index is 2300. The average Bonchev–Trinajstić information content (AvgIpc) is 3.67. The second kappa shape index (κ2) is 14.1. The summed E-state index contributed by atoms with van der Waals surface area (Å²) >= 11 is 0. The van der Waals surface area contributed by atoms with Crippen LogP contribution in [0.4, 0.5) is 0 Å². The summed E-state index contributed by atoms with van der Waals surface area (Å²) < 4.78 is 5.17. The highest BCUT2D eigenvalue weighted by molar-refractivity contribution is 6.01. The normalized spacial score (nSPS) is 14.5. The number of benzene rings is 2. The maximum Gasteiger partial charge on any atom is 0.264 e. The Morgan fingerprint density at radius 1 is 1.04 bits per heavy atom. The Hall–Kier alpha value is -5.57. The van der Waals surface area contributed by atoms with E-state index in [2.05, 4.69) is 42.6 Å². The molecule has 1 atom stereocenters. The maximum atomic E-state index is 14.6. The van der Waals surface area contributed by atoms with Gasteiger partial charge in [0.15, 0.2) is 5.65 Å². The zero-order valence-electron chi connectivity index (χ0n) is 28.8. The monoisotopic (exact) mass is 667 g/mol. The number of fused-ring (bicyclic) bond motifs is 2. The number of para-hydroxylation sites is 1. The molecule has 11 nitrogen and oxygen atoms in total. The topological polar surface area (TPSA) is 114 Å².